The van der Waals surface area contributed by atoms with Crippen LogP contribution in [-0.2, 0) is 6.42 Å². The van der Waals surface area contributed by atoms with Gasteiger partial charge in [-0.25, -0.2) is 4.98 Å². The lowest BCUT2D eigenvalue weighted by Crippen LogP contribution is -2.45. The molecule has 3 N–H and O–H groups in total. The molecule has 1 saturated heterocycles. The molecular formula is C23H31IN6O2. The van der Waals surface area contributed by atoms with Gasteiger partial charge >= 0.3 is 0 Å². The third-order valence-electron chi connectivity index (χ3n) is 5.55. The van der Waals surface area contributed by atoms with Crippen LogP contribution in [0.2, 0.25) is 0 Å². The molecule has 9 heteroatoms. The lowest BCUT2D eigenvalue weighted by molar-refractivity contribution is 0.394. The van der Waals surface area contributed by atoms with E-state index in [-0.39, 0.29) is 24.0 Å². The highest BCUT2D eigenvalue weighted by atomic mass is 127. The summed E-state index contributed by atoms with van der Waals surface area (Å²) in [6, 6.07) is 14.4. The molecule has 0 amide bonds. The molecular weight excluding hydrogens is 519 g/mol. The number of nitrogens with zero attached hydrogens (tertiary/aromatic N) is 3. The van der Waals surface area contributed by atoms with Crippen LogP contribution in [0.15, 0.2) is 47.5 Å². The summed E-state index contributed by atoms with van der Waals surface area (Å²) in [5, 5.41) is 6.94. The molecule has 8 nitrogen and oxygen atoms in total. The summed E-state index contributed by atoms with van der Waals surface area (Å²) in [4.78, 5) is 14.7. The van der Waals surface area contributed by atoms with Gasteiger partial charge in [-0.15, -0.1) is 24.0 Å². The summed E-state index contributed by atoms with van der Waals surface area (Å²) >= 11 is 0. The minimum Gasteiger partial charge on any atom is -0.497 e. The Morgan fingerprint density at radius 1 is 1.19 bits per heavy atom. The van der Waals surface area contributed by atoms with Crippen LogP contribution in [0.4, 0.5) is 5.69 Å². The summed E-state index contributed by atoms with van der Waals surface area (Å²) in [7, 11) is 5.15. The maximum absolute atomic E-state index is 5.41. The molecule has 32 heavy (non-hydrogen) atoms. The van der Waals surface area contributed by atoms with E-state index in [2.05, 4.69) is 30.5 Å². The summed E-state index contributed by atoms with van der Waals surface area (Å²) in [6.07, 6.45) is 1.83. The summed E-state index contributed by atoms with van der Waals surface area (Å²) in [6.45, 7) is 2.60. The first kappa shape index (κ1) is 24.0. The minimum absolute atomic E-state index is 0. The largest absolute Gasteiger partial charge is 0.497 e. The molecule has 1 aliphatic rings. The van der Waals surface area contributed by atoms with Gasteiger partial charge in [-0.3, -0.25) is 4.99 Å². The third kappa shape index (κ3) is 5.76. The van der Waals surface area contributed by atoms with Crippen LogP contribution in [0.25, 0.3) is 11.0 Å². The van der Waals surface area contributed by atoms with E-state index >= 15 is 0 Å². The zero-order chi connectivity index (χ0) is 21.6. The lowest BCUT2D eigenvalue weighted by Gasteiger charge is -2.21. The highest BCUT2D eigenvalue weighted by molar-refractivity contribution is 14.0. The van der Waals surface area contributed by atoms with E-state index in [1.807, 2.05) is 42.5 Å². The zero-order valence-electron chi connectivity index (χ0n) is 18.7. The van der Waals surface area contributed by atoms with E-state index < -0.39 is 0 Å². The van der Waals surface area contributed by atoms with E-state index in [4.69, 9.17) is 9.47 Å². The molecule has 1 unspecified atom stereocenters. The molecule has 1 aromatic heterocycles. The Morgan fingerprint density at radius 2 is 1.94 bits per heavy atom. The number of hydrogen-bond donors (Lipinski definition) is 3. The van der Waals surface area contributed by atoms with Gasteiger partial charge in [0.2, 0.25) is 0 Å². The number of halogens is 1. The molecule has 0 spiro atoms. The van der Waals surface area contributed by atoms with E-state index in [9.17, 15) is 0 Å². The monoisotopic (exact) mass is 550 g/mol. The van der Waals surface area contributed by atoms with Crippen molar-refractivity contribution in [1.82, 2.24) is 20.6 Å². The third-order valence-corrected chi connectivity index (χ3v) is 5.55. The molecule has 4 rings (SSSR count). The number of anilines is 1. The number of para-hydroxylation sites is 2. The Bertz CT molecular complexity index is 999. The second-order valence-corrected chi connectivity index (χ2v) is 7.60. The molecule has 0 aliphatic carbocycles. The van der Waals surface area contributed by atoms with Gasteiger partial charge in [-0.1, -0.05) is 12.1 Å². The van der Waals surface area contributed by atoms with E-state index in [1.54, 1.807) is 21.3 Å². The quantitative estimate of drug-likeness (QED) is 0.238. The number of ether oxygens (including phenoxy) is 2. The highest BCUT2D eigenvalue weighted by Gasteiger charge is 2.24. The van der Waals surface area contributed by atoms with Gasteiger partial charge in [0.05, 0.1) is 25.3 Å². The van der Waals surface area contributed by atoms with Crippen LogP contribution < -0.4 is 25.0 Å². The normalized spacial score (nSPS) is 16.0. The summed E-state index contributed by atoms with van der Waals surface area (Å²) in [5.74, 6) is 3.39. The number of imidazole rings is 1. The van der Waals surface area contributed by atoms with Crippen LogP contribution in [-0.4, -0.2) is 62.9 Å². The molecule has 2 aromatic carbocycles. The number of fused-ring (bicyclic) bond motifs is 1. The SMILES string of the molecule is CN=C(NCCc1nc2ccccc2[nH]1)NC1CCN(c2cc(OC)cc(OC)c2)C1.I. The Kier molecular flexibility index (Phi) is 8.43. The van der Waals surface area contributed by atoms with E-state index in [0.29, 0.717) is 6.04 Å². The molecule has 3 aromatic rings. The zero-order valence-corrected chi connectivity index (χ0v) is 21.1. The van der Waals surface area contributed by atoms with Gasteiger partial charge in [0, 0.05) is 63.0 Å². The molecule has 0 radical (unpaired) electrons. The number of rotatable bonds is 7. The smallest absolute Gasteiger partial charge is 0.191 e. The maximum atomic E-state index is 5.41. The fourth-order valence-corrected chi connectivity index (χ4v) is 3.90. The number of guanidine groups is 1. The van der Waals surface area contributed by atoms with Crippen molar-refractivity contribution in [2.45, 2.75) is 18.9 Å². The standard InChI is InChI=1S/C23H30N6O2.HI/c1-24-23(25-10-8-22-27-20-6-4-5-7-21(20)28-22)26-16-9-11-29(15-16)17-12-18(30-2)14-19(13-17)31-3;/h4-7,12-14,16H,8-11,15H2,1-3H3,(H,27,28)(H2,24,25,26);1H. The van der Waals surface area contributed by atoms with Crippen molar-refractivity contribution in [3.63, 3.8) is 0 Å². The van der Waals surface area contributed by atoms with Crippen LogP contribution in [0.1, 0.15) is 12.2 Å². The van der Waals surface area contributed by atoms with Gasteiger partial charge in [-0.05, 0) is 18.6 Å². The molecule has 0 saturated carbocycles. The highest BCUT2D eigenvalue weighted by Crippen LogP contribution is 2.30. The van der Waals surface area contributed by atoms with Gasteiger partial charge < -0.3 is 30.0 Å². The Morgan fingerprint density at radius 3 is 2.62 bits per heavy atom. The Hall–Kier alpha value is -2.69. The lowest BCUT2D eigenvalue weighted by atomic mass is 10.2. The second kappa shape index (κ2) is 11.3. The van der Waals surface area contributed by atoms with Crippen molar-refractivity contribution in [2.75, 3.05) is 45.8 Å². The number of H-pyrrole nitrogens is 1. The molecule has 1 aliphatic heterocycles. The minimum atomic E-state index is 0. The second-order valence-electron chi connectivity index (χ2n) is 7.60. The first-order chi connectivity index (χ1) is 15.2. The number of methoxy groups -OCH3 is 2. The van der Waals surface area contributed by atoms with Crippen molar-refractivity contribution >= 4 is 46.7 Å². The van der Waals surface area contributed by atoms with Crippen molar-refractivity contribution in [3.8, 4) is 11.5 Å². The molecule has 172 valence electrons. The first-order valence-corrected chi connectivity index (χ1v) is 10.6. The average molecular weight is 550 g/mol. The number of aliphatic imine (C=N–C) groups is 1. The topological polar surface area (TPSA) is 86.8 Å². The number of aromatic amines is 1. The van der Waals surface area contributed by atoms with Crippen LogP contribution in [0.3, 0.4) is 0 Å². The predicted molar refractivity (Wildman–Crippen MR) is 140 cm³/mol. The van der Waals surface area contributed by atoms with Crippen LogP contribution >= 0.6 is 24.0 Å². The maximum Gasteiger partial charge on any atom is 0.191 e. The van der Waals surface area contributed by atoms with Gasteiger partial charge in [0.1, 0.15) is 17.3 Å². The Balaban J connectivity index is 0.00000289. The van der Waals surface area contributed by atoms with Crippen LogP contribution in [0.5, 0.6) is 11.5 Å². The molecule has 1 fully saturated rings. The summed E-state index contributed by atoms with van der Waals surface area (Å²) < 4.78 is 10.8. The van der Waals surface area contributed by atoms with Gasteiger partial charge in [0.15, 0.2) is 5.96 Å². The van der Waals surface area contributed by atoms with Crippen molar-refractivity contribution in [3.05, 3.63) is 48.3 Å². The van der Waals surface area contributed by atoms with Crippen LogP contribution in [0, 0.1) is 0 Å². The van der Waals surface area contributed by atoms with Gasteiger partial charge in [0.25, 0.3) is 0 Å². The van der Waals surface area contributed by atoms with E-state index in [0.717, 1.165) is 72.5 Å². The van der Waals surface area contributed by atoms with Gasteiger partial charge in [-0.2, -0.15) is 0 Å². The van der Waals surface area contributed by atoms with E-state index in [1.165, 1.54) is 0 Å². The number of aromatic nitrogens is 2. The Labute approximate surface area is 205 Å². The fourth-order valence-electron chi connectivity index (χ4n) is 3.90. The molecule has 0 bridgehead atoms. The molecule has 1 atom stereocenters. The first-order valence-electron chi connectivity index (χ1n) is 10.6. The van der Waals surface area contributed by atoms with Crippen molar-refractivity contribution < 1.29 is 9.47 Å². The molecule has 2 heterocycles. The number of nitrogens with one attached hydrogen (secondary N) is 3. The predicted octanol–water partition coefficient (Wildman–Crippen LogP) is 3.18. The fraction of sp³-hybridized carbons (Fsp3) is 0.391. The van der Waals surface area contributed by atoms with Crippen molar-refractivity contribution in [2.24, 2.45) is 4.99 Å². The average Bonchev–Trinajstić information content (AvgIpc) is 3.44. The summed E-state index contributed by atoms with van der Waals surface area (Å²) in [5.41, 5.74) is 3.17. The number of hydrogen-bond acceptors (Lipinski definition) is 5. The number of benzene rings is 2. The van der Waals surface area contributed by atoms with Crippen molar-refractivity contribution in [1.29, 1.82) is 0 Å².